The van der Waals surface area contributed by atoms with Gasteiger partial charge < -0.3 is 72.5 Å². The second-order valence-electron chi connectivity index (χ2n) is 28.0. The van der Waals surface area contributed by atoms with Gasteiger partial charge in [0.25, 0.3) is 12.6 Å². The van der Waals surface area contributed by atoms with Gasteiger partial charge in [0.15, 0.2) is 35.2 Å². The maximum absolute atomic E-state index is 13.0. The van der Waals surface area contributed by atoms with Gasteiger partial charge in [-0.3, -0.25) is 38.6 Å². The summed E-state index contributed by atoms with van der Waals surface area (Å²) in [5.41, 5.74) is -4.46. The molecule has 4 saturated heterocycles. The molecular weight excluding hydrogens is 1510 g/mol. The number of Topliss-reactive ketones (excluding diaryl/α,β-unsaturated/α-hetero) is 1. The van der Waals surface area contributed by atoms with Crippen LogP contribution in [0, 0.1) is 65.1 Å². The third-order valence-corrected chi connectivity index (χ3v) is 20.3. The number of nitrogens with one attached hydrogen (secondary N) is 1. The minimum atomic E-state index is -3.48. The smallest absolute Gasteiger partial charge is 0.340 e. The number of benzene rings is 4. The van der Waals surface area contributed by atoms with Gasteiger partial charge in [0.1, 0.15) is 36.2 Å². The Hall–Kier alpha value is -9.12. The largest absolute Gasteiger partial charge is 0.462 e. The fraction of sp³-hybridized carbons (Fsp3) is 0.494. The summed E-state index contributed by atoms with van der Waals surface area (Å²) in [5.74, 6) is 12.4. The van der Waals surface area contributed by atoms with Gasteiger partial charge in [0.05, 0.1) is 61.1 Å². The zero-order valence-corrected chi connectivity index (χ0v) is 65.9. The minimum absolute atomic E-state index is 0. The fourth-order valence-electron chi connectivity index (χ4n) is 11.8. The lowest BCUT2D eigenvalue weighted by Gasteiger charge is -2.34. The topological polar surface area (TPSA) is 366 Å². The minimum Gasteiger partial charge on any atom is -0.462 e. The molecule has 10 rings (SSSR count). The molecule has 4 aromatic rings. The van der Waals surface area contributed by atoms with Crippen molar-refractivity contribution in [2.24, 2.45) is 29.6 Å². The molecule has 1 unspecified atom stereocenters. The zero-order chi connectivity index (χ0) is 81.7. The Balaban J connectivity index is 0.000000331. The van der Waals surface area contributed by atoms with E-state index in [-0.39, 0.29) is 88.2 Å². The fourth-order valence-corrected chi connectivity index (χ4v) is 14.2. The van der Waals surface area contributed by atoms with Crippen LogP contribution in [0.4, 0.5) is 0 Å². The van der Waals surface area contributed by atoms with E-state index in [4.69, 9.17) is 58.7 Å². The number of carbonyl (C=O) groups excluding carboxylic acids is 9. The molecule has 6 aliphatic heterocycles. The van der Waals surface area contributed by atoms with Crippen molar-refractivity contribution in [2.75, 3.05) is 13.2 Å². The Labute approximate surface area is 673 Å². The molecule has 6 aliphatic rings. The van der Waals surface area contributed by atoms with Crippen LogP contribution in [-0.4, -0.2) is 192 Å². The number of amides is 2. The Morgan fingerprint density at radius 3 is 1.42 bits per heavy atom. The number of aliphatic hydroxyl groups excluding tert-OH is 3. The van der Waals surface area contributed by atoms with Crippen molar-refractivity contribution in [3.05, 3.63) is 163 Å². The van der Waals surface area contributed by atoms with Gasteiger partial charge >= 0.3 is 30.5 Å². The molecular formula is C85H110N3O24PS. The molecule has 2 amide bonds. The van der Waals surface area contributed by atoms with Crippen molar-refractivity contribution in [2.45, 2.75) is 229 Å². The van der Waals surface area contributed by atoms with Crippen molar-refractivity contribution >= 4 is 71.5 Å². The average molecular weight is 1620 g/mol. The van der Waals surface area contributed by atoms with Crippen LogP contribution in [0.1, 0.15) is 169 Å². The summed E-state index contributed by atoms with van der Waals surface area (Å²) in [6.45, 7) is 19.3. The van der Waals surface area contributed by atoms with Gasteiger partial charge in [-0.2, -0.15) is 0 Å². The monoisotopic (exact) mass is 1620 g/mol. The van der Waals surface area contributed by atoms with Gasteiger partial charge in [-0.05, 0) is 112 Å². The van der Waals surface area contributed by atoms with Gasteiger partial charge in [-0.25, -0.2) is 19.5 Å². The second kappa shape index (κ2) is 44.1. The Bertz CT molecular complexity index is 4230. The van der Waals surface area contributed by atoms with E-state index in [0.29, 0.717) is 28.9 Å². The van der Waals surface area contributed by atoms with Crippen LogP contribution in [0.25, 0.3) is 0 Å². The lowest BCUT2D eigenvalue weighted by atomic mass is 9.85. The molecule has 0 bridgehead atoms. The van der Waals surface area contributed by atoms with Crippen LogP contribution in [0.5, 0.6) is 5.75 Å². The number of carbonyl (C=O) groups is 9. The molecule has 17 atom stereocenters. The molecule has 0 saturated carbocycles. The Kier molecular flexibility index (Phi) is 37.6. The lowest BCUT2D eigenvalue weighted by molar-refractivity contribution is -0.156. The Morgan fingerprint density at radius 2 is 1.00 bits per heavy atom. The van der Waals surface area contributed by atoms with Crippen molar-refractivity contribution in [3.8, 4) is 41.3 Å². The predicted molar refractivity (Wildman–Crippen MR) is 426 cm³/mol. The van der Waals surface area contributed by atoms with E-state index in [0.717, 1.165) is 16.2 Å². The highest BCUT2D eigenvalue weighted by atomic mass is 32.5. The Morgan fingerprint density at radius 1 is 0.579 bits per heavy atom. The number of ether oxygens (including phenoxy) is 8. The summed E-state index contributed by atoms with van der Waals surface area (Å²) in [4.78, 5) is 112. The molecule has 0 spiro atoms. The van der Waals surface area contributed by atoms with Crippen LogP contribution in [0.15, 0.2) is 146 Å². The van der Waals surface area contributed by atoms with E-state index in [1.807, 2.05) is 66.7 Å². The van der Waals surface area contributed by atoms with Gasteiger partial charge in [0, 0.05) is 42.0 Å². The highest BCUT2D eigenvalue weighted by molar-refractivity contribution is 8.09. The standard InChI is InChI=1S/C27H35N2O9PS.C26H28O5.C15H19NO6.C14H16O4.3CH4/c1-17(2)11-13-27(34)24(32)22(37-26(27)29-14-12-20(30)15-23(29)31)16-35-39(40,38-21-9-7-6-8-10-21)28-19(5)25(33)36-18(3)4;1-5-22-19(4)26(17-16-18(2)3,31-24(28)21-14-10-7-11-15-21)25(29-22)30-23(27)20-12-8-6-9-13-20;1-9(2)3-5-15(21)13(20)11(8-17)22-14(15)16-6-4-10(18)7-12(16)19;1-3-11-9(2)12(15)14(17-11)18-13(16)10-7-5-4-6-8-10;;;/h6-10,12,14,17-19,22,24,26,32,34H,15-16H2,1-5H3,(H,28,40);6-15,18-19,22,25H,5H2,1-4H3;4,6,9,11,13-14,17,20-21H,7-8H2,1-2H3;4-9,11,14H,3H2,1-2H3;3*1H4/t19-,22+,24+,26+,27+,39?;19-,22-,25-,26-;11-,13-,14-,15-;9-,11-,14-;;;/m0111.../s1. The van der Waals surface area contributed by atoms with Crippen molar-refractivity contribution in [3.63, 3.8) is 0 Å². The molecule has 4 aromatic carbocycles. The zero-order valence-electron chi connectivity index (χ0n) is 64.2. The number of ketones is 3. The van der Waals surface area contributed by atoms with E-state index < -0.39 is 140 Å². The van der Waals surface area contributed by atoms with E-state index >= 15 is 0 Å². The van der Waals surface area contributed by atoms with Crippen LogP contribution in [0.2, 0.25) is 0 Å². The number of rotatable bonds is 20. The molecule has 6 N–H and O–H groups in total. The van der Waals surface area contributed by atoms with E-state index in [9.17, 15) is 68.7 Å². The summed E-state index contributed by atoms with van der Waals surface area (Å²) in [5, 5.41) is 55.7. The summed E-state index contributed by atoms with van der Waals surface area (Å²) in [7, 11) is 0. The molecule has 0 radical (unpaired) electrons. The third-order valence-electron chi connectivity index (χ3n) is 17.8. The predicted octanol–water partition coefficient (Wildman–Crippen LogP) is 9.76. The number of esters is 4. The van der Waals surface area contributed by atoms with Crippen molar-refractivity contribution in [1.82, 2.24) is 14.9 Å². The van der Waals surface area contributed by atoms with Crippen LogP contribution >= 0.6 is 6.64 Å². The highest BCUT2D eigenvalue weighted by Crippen LogP contribution is 2.48. The molecule has 0 aromatic heterocycles. The quantitative estimate of drug-likeness (QED) is 0.0157. The molecule has 114 heavy (non-hydrogen) atoms. The first-order chi connectivity index (χ1) is 52.5. The summed E-state index contributed by atoms with van der Waals surface area (Å²) in [6.07, 6.45) is -5.69. The number of para-hydroxylation sites is 1. The first-order valence-electron chi connectivity index (χ1n) is 36.5. The van der Waals surface area contributed by atoms with Crippen molar-refractivity contribution < 1.29 is 116 Å². The third kappa shape index (κ3) is 25.2. The number of hydrogen-bond donors (Lipinski definition) is 6. The summed E-state index contributed by atoms with van der Waals surface area (Å²) < 4.78 is 56.9. The highest BCUT2D eigenvalue weighted by Gasteiger charge is 2.61. The summed E-state index contributed by atoms with van der Waals surface area (Å²) >= 11 is 5.70. The normalized spacial score (nSPS) is 27.2. The van der Waals surface area contributed by atoms with Crippen LogP contribution < -0.4 is 9.61 Å². The number of aliphatic hydroxyl groups is 5. The molecule has 6 heterocycles. The number of allylic oxidation sites excluding steroid dienone is 2. The van der Waals surface area contributed by atoms with Crippen LogP contribution in [-0.2, 0) is 83.0 Å². The van der Waals surface area contributed by atoms with E-state index in [1.165, 1.54) is 24.6 Å². The summed E-state index contributed by atoms with van der Waals surface area (Å²) in [6, 6.07) is 33.6. The molecule has 29 heteroatoms. The average Bonchev–Trinajstić information content (AvgIpc) is 1.61. The van der Waals surface area contributed by atoms with Gasteiger partial charge in [0.2, 0.25) is 23.2 Å². The van der Waals surface area contributed by atoms with Gasteiger partial charge in [-0.15, -0.1) is 0 Å². The maximum atomic E-state index is 13.0. The molecule has 4 fully saturated rings. The van der Waals surface area contributed by atoms with E-state index in [1.54, 1.807) is 145 Å². The second-order valence-corrected chi connectivity index (χ2v) is 31.1. The van der Waals surface area contributed by atoms with Crippen LogP contribution in [0.3, 0.4) is 0 Å². The maximum Gasteiger partial charge on any atom is 0.340 e. The number of hydrogen-bond acceptors (Lipinski definition) is 25. The molecule has 0 aliphatic carbocycles. The van der Waals surface area contributed by atoms with Gasteiger partial charge in [-0.1, -0.05) is 194 Å². The molecule has 620 valence electrons. The first-order valence-corrected chi connectivity index (χ1v) is 39.1. The van der Waals surface area contributed by atoms with E-state index in [2.05, 4.69) is 40.6 Å². The first kappa shape index (κ1) is 97.2. The van der Waals surface area contributed by atoms with Crippen molar-refractivity contribution in [1.29, 1.82) is 0 Å². The SMILES string of the molecule is C.C.C.CC(C)C#C[C@@]1(O)[C@H](O)[C@@H](CO)O[C@H]1N1C=CC(=O)CC1=O.CC(C)C#C[C@@]1(O)[C@H](O)[C@@H](COP(=S)(N[C@@H](C)C(=O)OC(C)C)Oc2ccccc2)O[C@H]1N1C=CC(=O)CC1=O.CC[C@H]1O[C@H](OC(=O)c2ccccc2)C(=O)[C@@H]1C.CC[C@H]1O[C@H](OC(=O)c2ccccc2)[C@](C#CC(C)C)(OC(=O)c2ccccc2)[C@@H]1C. The lowest BCUT2D eigenvalue weighted by Crippen LogP contribution is -2.55. The molecule has 27 nitrogen and oxygen atoms in total. The number of nitrogens with zero attached hydrogens (tertiary/aromatic N) is 2.